The molecule has 0 aromatic heterocycles. The Morgan fingerprint density at radius 3 is 2.42 bits per heavy atom. The predicted octanol–water partition coefficient (Wildman–Crippen LogP) is 4.54. The summed E-state index contributed by atoms with van der Waals surface area (Å²) in [7, 11) is 3.35. The minimum absolute atomic E-state index is 0.659. The molecule has 0 aliphatic rings. The van der Waals surface area contributed by atoms with Crippen molar-refractivity contribution >= 4 is 15.9 Å². The molecule has 0 heterocycles. The van der Waals surface area contributed by atoms with Crippen molar-refractivity contribution in [3.8, 4) is 17.2 Å². The molecule has 0 saturated heterocycles. The summed E-state index contributed by atoms with van der Waals surface area (Å²) < 4.78 is 17.8. The summed E-state index contributed by atoms with van der Waals surface area (Å²) in [5.41, 5.74) is 2.17. The third-order valence-electron chi connectivity index (χ3n) is 3.65. The molecule has 5 heteroatoms. The number of rotatable bonds is 9. The number of methoxy groups -OCH3 is 2. The van der Waals surface area contributed by atoms with Gasteiger partial charge in [0.15, 0.2) is 11.5 Å². The molecule has 2 rings (SSSR count). The first-order valence-electron chi connectivity index (χ1n) is 8.02. The monoisotopic (exact) mass is 393 g/mol. The van der Waals surface area contributed by atoms with Crippen LogP contribution >= 0.6 is 15.9 Å². The summed E-state index contributed by atoms with van der Waals surface area (Å²) in [5.74, 6) is 2.43. The quantitative estimate of drug-likeness (QED) is 0.678. The molecule has 2 aromatic carbocycles. The number of halogens is 1. The van der Waals surface area contributed by atoms with Crippen LogP contribution in [0.15, 0.2) is 40.9 Å². The molecule has 0 saturated carbocycles. The Hall–Kier alpha value is -1.72. The molecular formula is C19H24BrNO3. The second-order valence-electron chi connectivity index (χ2n) is 5.32. The van der Waals surface area contributed by atoms with Crippen molar-refractivity contribution in [1.82, 2.24) is 5.32 Å². The van der Waals surface area contributed by atoms with Gasteiger partial charge in [-0.3, -0.25) is 0 Å². The Bertz CT molecular complexity index is 661. The zero-order valence-corrected chi connectivity index (χ0v) is 16.0. The van der Waals surface area contributed by atoms with Gasteiger partial charge in [0.2, 0.25) is 0 Å². The summed E-state index contributed by atoms with van der Waals surface area (Å²) in [6.07, 6.45) is 0.948. The minimum Gasteiger partial charge on any atom is -0.496 e. The molecule has 1 N–H and O–H groups in total. The summed E-state index contributed by atoms with van der Waals surface area (Å²) >= 11 is 3.62. The zero-order valence-electron chi connectivity index (χ0n) is 14.4. The fourth-order valence-electron chi connectivity index (χ4n) is 2.44. The van der Waals surface area contributed by atoms with E-state index in [1.807, 2.05) is 30.3 Å². The molecule has 0 fully saturated rings. The van der Waals surface area contributed by atoms with Crippen LogP contribution in [0, 0.1) is 0 Å². The lowest BCUT2D eigenvalue weighted by Gasteiger charge is -2.17. The molecule has 130 valence electrons. The van der Waals surface area contributed by atoms with Gasteiger partial charge in [-0.25, -0.2) is 0 Å². The lowest BCUT2D eigenvalue weighted by atomic mass is 10.1. The van der Waals surface area contributed by atoms with Crippen LogP contribution in [0.3, 0.4) is 0 Å². The van der Waals surface area contributed by atoms with Crippen molar-refractivity contribution in [2.45, 2.75) is 26.4 Å². The highest BCUT2D eigenvalue weighted by atomic mass is 79.9. The molecule has 0 aliphatic carbocycles. The second-order valence-corrected chi connectivity index (χ2v) is 6.18. The highest BCUT2D eigenvalue weighted by molar-refractivity contribution is 9.10. The molecule has 2 aromatic rings. The van der Waals surface area contributed by atoms with Crippen molar-refractivity contribution in [3.63, 3.8) is 0 Å². The first-order chi connectivity index (χ1) is 11.7. The Kier molecular flexibility index (Phi) is 7.40. The minimum atomic E-state index is 0.659. The van der Waals surface area contributed by atoms with Crippen molar-refractivity contribution in [2.75, 3.05) is 20.8 Å². The Morgan fingerprint density at radius 1 is 0.958 bits per heavy atom. The summed E-state index contributed by atoms with van der Waals surface area (Å²) in [4.78, 5) is 0. The molecular weight excluding hydrogens is 370 g/mol. The van der Waals surface area contributed by atoms with Crippen molar-refractivity contribution in [2.24, 2.45) is 0 Å². The van der Waals surface area contributed by atoms with E-state index in [4.69, 9.17) is 14.2 Å². The molecule has 0 atom stereocenters. The average molecular weight is 394 g/mol. The summed E-state index contributed by atoms with van der Waals surface area (Å²) in [5, 5.41) is 3.46. The third-order valence-corrected chi connectivity index (χ3v) is 4.39. The van der Waals surface area contributed by atoms with Gasteiger partial charge in [0.05, 0.1) is 20.8 Å². The maximum absolute atomic E-state index is 5.92. The Morgan fingerprint density at radius 2 is 1.71 bits per heavy atom. The van der Waals surface area contributed by atoms with E-state index >= 15 is 0 Å². The molecule has 0 amide bonds. The van der Waals surface area contributed by atoms with Crippen LogP contribution in [0.5, 0.6) is 17.2 Å². The molecule has 24 heavy (non-hydrogen) atoms. The van der Waals surface area contributed by atoms with Gasteiger partial charge in [-0.15, -0.1) is 0 Å². The van der Waals surface area contributed by atoms with Crippen LogP contribution < -0.4 is 19.5 Å². The smallest absolute Gasteiger partial charge is 0.166 e. The highest BCUT2D eigenvalue weighted by Gasteiger charge is 2.14. The molecule has 0 aliphatic heterocycles. The molecule has 0 unspecified atom stereocenters. The first-order valence-corrected chi connectivity index (χ1v) is 8.81. The normalized spacial score (nSPS) is 10.5. The zero-order chi connectivity index (χ0) is 17.4. The molecule has 0 spiro atoms. The van der Waals surface area contributed by atoms with E-state index in [2.05, 4.69) is 34.2 Å². The standard InChI is InChI=1S/C19H24BrNO3/c1-4-11-24-19-15(16(20)9-10-18(19)23-3)13-21-12-14-7-5-6-8-17(14)22-2/h5-10,21H,4,11-13H2,1-3H3. The molecule has 4 nitrogen and oxygen atoms in total. The van der Waals surface area contributed by atoms with E-state index < -0.39 is 0 Å². The SMILES string of the molecule is CCCOc1c(OC)ccc(Br)c1CNCc1ccccc1OC. The maximum Gasteiger partial charge on any atom is 0.166 e. The number of hydrogen-bond donors (Lipinski definition) is 1. The van der Waals surface area contributed by atoms with Crippen molar-refractivity contribution < 1.29 is 14.2 Å². The van der Waals surface area contributed by atoms with E-state index in [1.54, 1.807) is 14.2 Å². The maximum atomic E-state index is 5.92. The second kappa shape index (κ2) is 9.55. The van der Waals surface area contributed by atoms with Gasteiger partial charge in [-0.05, 0) is 24.6 Å². The Labute approximate surface area is 152 Å². The topological polar surface area (TPSA) is 39.7 Å². The van der Waals surface area contributed by atoms with Gasteiger partial charge < -0.3 is 19.5 Å². The summed E-state index contributed by atoms with van der Waals surface area (Å²) in [6.45, 7) is 4.12. The largest absolute Gasteiger partial charge is 0.496 e. The Balaban J connectivity index is 2.13. The van der Waals surface area contributed by atoms with Gasteiger partial charge in [0, 0.05) is 28.7 Å². The van der Waals surface area contributed by atoms with E-state index in [0.29, 0.717) is 19.7 Å². The number of nitrogens with one attached hydrogen (secondary N) is 1. The van der Waals surface area contributed by atoms with E-state index in [0.717, 1.165) is 39.3 Å². The molecule has 0 bridgehead atoms. The van der Waals surface area contributed by atoms with Gasteiger partial charge in [0.1, 0.15) is 5.75 Å². The van der Waals surface area contributed by atoms with E-state index in [9.17, 15) is 0 Å². The van der Waals surface area contributed by atoms with Crippen LogP contribution in [0.2, 0.25) is 0 Å². The average Bonchev–Trinajstić information content (AvgIpc) is 2.62. The van der Waals surface area contributed by atoms with Crippen molar-refractivity contribution in [3.05, 3.63) is 52.0 Å². The third kappa shape index (κ3) is 4.65. The van der Waals surface area contributed by atoms with Gasteiger partial charge in [-0.1, -0.05) is 41.1 Å². The van der Waals surface area contributed by atoms with Crippen LogP contribution in [-0.4, -0.2) is 20.8 Å². The van der Waals surface area contributed by atoms with Crippen LogP contribution in [-0.2, 0) is 13.1 Å². The van der Waals surface area contributed by atoms with E-state index in [1.165, 1.54) is 0 Å². The number of benzene rings is 2. The number of para-hydroxylation sites is 1. The molecule has 0 radical (unpaired) electrons. The predicted molar refractivity (Wildman–Crippen MR) is 100 cm³/mol. The van der Waals surface area contributed by atoms with Crippen LogP contribution in [0.4, 0.5) is 0 Å². The number of ether oxygens (including phenoxy) is 3. The fraction of sp³-hybridized carbons (Fsp3) is 0.368. The lowest BCUT2D eigenvalue weighted by Crippen LogP contribution is -2.15. The summed E-state index contributed by atoms with van der Waals surface area (Å²) in [6, 6.07) is 11.9. The fourth-order valence-corrected chi connectivity index (χ4v) is 2.89. The van der Waals surface area contributed by atoms with Gasteiger partial charge in [-0.2, -0.15) is 0 Å². The van der Waals surface area contributed by atoms with Crippen LogP contribution in [0.1, 0.15) is 24.5 Å². The number of hydrogen-bond acceptors (Lipinski definition) is 4. The van der Waals surface area contributed by atoms with Crippen molar-refractivity contribution in [1.29, 1.82) is 0 Å². The van der Waals surface area contributed by atoms with Gasteiger partial charge in [0.25, 0.3) is 0 Å². The highest BCUT2D eigenvalue weighted by Crippen LogP contribution is 2.36. The van der Waals surface area contributed by atoms with Crippen LogP contribution in [0.25, 0.3) is 0 Å². The first kappa shape index (κ1) is 18.6. The van der Waals surface area contributed by atoms with Gasteiger partial charge >= 0.3 is 0 Å². The van der Waals surface area contributed by atoms with E-state index in [-0.39, 0.29) is 0 Å². The lowest BCUT2D eigenvalue weighted by molar-refractivity contribution is 0.290.